The van der Waals surface area contributed by atoms with Gasteiger partial charge in [-0.1, -0.05) is 23.7 Å². The molecule has 0 N–H and O–H groups in total. The number of benzene rings is 2. The third-order valence-electron chi connectivity index (χ3n) is 2.21. The smallest absolute Gasteiger partial charge is 0.198 e. The third-order valence-corrected chi connectivity index (χ3v) is 2.52. The van der Waals surface area contributed by atoms with E-state index in [0.29, 0.717) is 6.29 Å². The fourth-order valence-corrected chi connectivity index (χ4v) is 1.56. The molecule has 0 saturated heterocycles. The molecule has 0 bridgehead atoms. The molecule has 2 nitrogen and oxygen atoms in total. The Bertz CT molecular complexity index is 576. The molecule has 0 aliphatic heterocycles. The summed E-state index contributed by atoms with van der Waals surface area (Å²) in [5, 5.41) is 0.232. The number of ether oxygens (including phenoxy) is 1. The van der Waals surface area contributed by atoms with E-state index in [4.69, 9.17) is 16.3 Å². The molecular weight excluding hydrogens is 262 g/mol. The van der Waals surface area contributed by atoms with Crippen LogP contribution < -0.4 is 4.74 Å². The molecule has 0 unspecified atom stereocenters. The van der Waals surface area contributed by atoms with Crippen molar-refractivity contribution in [3.05, 3.63) is 58.6 Å². The van der Waals surface area contributed by atoms with Crippen LogP contribution in [0.1, 0.15) is 10.4 Å². The third kappa shape index (κ3) is 2.49. The van der Waals surface area contributed by atoms with Crippen molar-refractivity contribution in [3.8, 4) is 11.5 Å². The number of halogens is 3. The van der Waals surface area contributed by atoms with Crippen molar-refractivity contribution in [1.29, 1.82) is 0 Å². The van der Waals surface area contributed by atoms with Gasteiger partial charge in [-0.3, -0.25) is 4.79 Å². The zero-order valence-corrected chi connectivity index (χ0v) is 9.75. The molecule has 0 aliphatic carbocycles. The predicted octanol–water partition coefficient (Wildman–Crippen LogP) is 4.22. The minimum Gasteiger partial charge on any atom is -0.450 e. The van der Waals surface area contributed by atoms with Crippen LogP contribution in [0.5, 0.6) is 11.5 Å². The molecule has 0 heterocycles. The molecule has 5 heteroatoms. The molecule has 0 aliphatic rings. The second kappa shape index (κ2) is 5.14. The highest BCUT2D eigenvalue weighted by atomic mass is 35.5. The van der Waals surface area contributed by atoms with E-state index in [1.54, 1.807) is 12.1 Å². The summed E-state index contributed by atoms with van der Waals surface area (Å²) in [6.45, 7) is 0. The Kier molecular flexibility index (Phi) is 3.58. The first kappa shape index (κ1) is 12.5. The van der Waals surface area contributed by atoms with Crippen molar-refractivity contribution in [2.75, 3.05) is 0 Å². The first-order chi connectivity index (χ1) is 8.61. The van der Waals surface area contributed by atoms with Gasteiger partial charge in [0.1, 0.15) is 12.0 Å². The number of para-hydroxylation sites is 1. The first-order valence-electron chi connectivity index (χ1n) is 4.98. The van der Waals surface area contributed by atoms with E-state index in [1.165, 1.54) is 12.1 Å². The molecule has 0 aromatic heterocycles. The van der Waals surface area contributed by atoms with E-state index in [0.717, 1.165) is 12.1 Å². The van der Waals surface area contributed by atoms with Crippen LogP contribution in [0.3, 0.4) is 0 Å². The van der Waals surface area contributed by atoms with E-state index in [1.807, 2.05) is 0 Å². The lowest BCUT2D eigenvalue weighted by Gasteiger charge is -2.09. The molecule has 0 radical (unpaired) electrons. The van der Waals surface area contributed by atoms with Crippen LogP contribution >= 0.6 is 11.6 Å². The average molecular weight is 269 g/mol. The van der Waals surface area contributed by atoms with Crippen LogP contribution in [-0.2, 0) is 0 Å². The molecule has 0 amide bonds. The van der Waals surface area contributed by atoms with Crippen molar-refractivity contribution in [2.24, 2.45) is 0 Å². The van der Waals surface area contributed by atoms with Crippen molar-refractivity contribution >= 4 is 17.9 Å². The Hall–Kier alpha value is -1.94. The van der Waals surface area contributed by atoms with Crippen LogP contribution in [0.2, 0.25) is 5.02 Å². The second-order valence-electron chi connectivity index (χ2n) is 3.46. The van der Waals surface area contributed by atoms with E-state index in [-0.39, 0.29) is 16.3 Å². The van der Waals surface area contributed by atoms with Crippen molar-refractivity contribution in [2.45, 2.75) is 0 Å². The van der Waals surface area contributed by atoms with Gasteiger partial charge in [-0.15, -0.1) is 0 Å². The molecule has 0 fully saturated rings. The molecule has 92 valence electrons. The molecule has 2 rings (SSSR count). The van der Waals surface area contributed by atoms with Crippen LogP contribution in [0.25, 0.3) is 0 Å². The van der Waals surface area contributed by atoms with Crippen molar-refractivity contribution in [1.82, 2.24) is 0 Å². The Morgan fingerprint density at radius 2 is 1.72 bits per heavy atom. The average Bonchev–Trinajstić information content (AvgIpc) is 2.35. The van der Waals surface area contributed by atoms with Gasteiger partial charge in [0.15, 0.2) is 17.4 Å². The van der Waals surface area contributed by atoms with E-state index < -0.39 is 17.4 Å². The lowest BCUT2D eigenvalue weighted by atomic mass is 10.2. The standard InChI is InChI=1S/C13H7ClF2O2/c14-9-3-1-2-4-12(9)18-13-10(15)5-8(7-17)6-11(13)16/h1-7H. The van der Waals surface area contributed by atoms with Gasteiger partial charge in [-0.05, 0) is 24.3 Å². The highest BCUT2D eigenvalue weighted by Crippen LogP contribution is 2.32. The van der Waals surface area contributed by atoms with Crippen LogP contribution in [0.15, 0.2) is 36.4 Å². The Labute approximate surface area is 107 Å². The van der Waals surface area contributed by atoms with Gasteiger partial charge in [0.25, 0.3) is 0 Å². The summed E-state index contributed by atoms with van der Waals surface area (Å²) >= 11 is 5.81. The molecule has 2 aromatic carbocycles. The fraction of sp³-hybridized carbons (Fsp3) is 0. The zero-order chi connectivity index (χ0) is 13.1. The van der Waals surface area contributed by atoms with E-state index in [9.17, 15) is 13.6 Å². The number of carbonyl (C=O) groups excluding carboxylic acids is 1. The molecular formula is C13H7ClF2O2. The minimum atomic E-state index is -0.961. The summed E-state index contributed by atoms with van der Waals surface area (Å²) in [7, 11) is 0. The van der Waals surface area contributed by atoms with Crippen molar-refractivity contribution < 1.29 is 18.3 Å². The maximum absolute atomic E-state index is 13.5. The van der Waals surface area contributed by atoms with Gasteiger partial charge in [0.05, 0.1) is 5.02 Å². The number of carbonyl (C=O) groups is 1. The summed E-state index contributed by atoms with van der Waals surface area (Å²) in [6.07, 6.45) is 0.353. The van der Waals surface area contributed by atoms with E-state index >= 15 is 0 Å². The maximum atomic E-state index is 13.5. The molecule has 18 heavy (non-hydrogen) atoms. The highest BCUT2D eigenvalue weighted by Gasteiger charge is 2.14. The van der Waals surface area contributed by atoms with E-state index in [2.05, 4.69) is 0 Å². The summed E-state index contributed by atoms with van der Waals surface area (Å²) in [6, 6.07) is 8.08. The zero-order valence-electron chi connectivity index (χ0n) is 8.99. The van der Waals surface area contributed by atoms with Gasteiger partial charge < -0.3 is 4.74 Å². The van der Waals surface area contributed by atoms with Crippen LogP contribution in [-0.4, -0.2) is 6.29 Å². The predicted molar refractivity (Wildman–Crippen MR) is 63.3 cm³/mol. The second-order valence-corrected chi connectivity index (χ2v) is 3.87. The largest absolute Gasteiger partial charge is 0.450 e. The summed E-state index contributed by atoms with van der Waals surface area (Å²) in [5.41, 5.74) is -0.100. The van der Waals surface area contributed by atoms with Gasteiger partial charge in [-0.25, -0.2) is 8.78 Å². The first-order valence-corrected chi connectivity index (χ1v) is 5.36. The SMILES string of the molecule is O=Cc1cc(F)c(Oc2ccccc2Cl)c(F)c1. The Morgan fingerprint density at radius 3 is 2.28 bits per heavy atom. The Balaban J connectivity index is 2.41. The van der Waals surface area contributed by atoms with Crippen LogP contribution in [0.4, 0.5) is 8.78 Å². The van der Waals surface area contributed by atoms with Crippen LogP contribution in [0, 0.1) is 11.6 Å². The minimum absolute atomic E-state index is 0.100. The quantitative estimate of drug-likeness (QED) is 0.779. The van der Waals surface area contributed by atoms with Gasteiger partial charge >= 0.3 is 0 Å². The topological polar surface area (TPSA) is 26.3 Å². The number of hydrogen-bond donors (Lipinski definition) is 0. The summed E-state index contributed by atoms with van der Waals surface area (Å²) in [4.78, 5) is 10.4. The normalized spacial score (nSPS) is 10.2. The lowest BCUT2D eigenvalue weighted by Crippen LogP contribution is -1.95. The highest BCUT2D eigenvalue weighted by molar-refractivity contribution is 6.32. The lowest BCUT2D eigenvalue weighted by molar-refractivity contribution is 0.112. The van der Waals surface area contributed by atoms with Gasteiger partial charge in [0.2, 0.25) is 0 Å². The summed E-state index contributed by atoms with van der Waals surface area (Å²) < 4.78 is 32.2. The Morgan fingerprint density at radius 1 is 1.11 bits per heavy atom. The molecule has 2 aromatic rings. The molecule has 0 spiro atoms. The summed E-state index contributed by atoms with van der Waals surface area (Å²) in [5.74, 6) is -2.38. The number of hydrogen-bond acceptors (Lipinski definition) is 2. The number of rotatable bonds is 3. The number of aldehydes is 1. The monoisotopic (exact) mass is 268 g/mol. The van der Waals surface area contributed by atoms with Gasteiger partial charge in [0, 0.05) is 5.56 Å². The molecule has 0 saturated carbocycles. The maximum Gasteiger partial charge on any atom is 0.198 e. The molecule has 0 atom stereocenters. The fourth-order valence-electron chi connectivity index (χ4n) is 1.38. The van der Waals surface area contributed by atoms with Crippen molar-refractivity contribution in [3.63, 3.8) is 0 Å². The van der Waals surface area contributed by atoms with Gasteiger partial charge in [-0.2, -0.15) is 0 Å².